The van der Waals surface area contributed by atoms with Crippen LogP contribution in [0.15, 0.2) is 29.6 Å². The average molecular weight is 276 g/mol. The van der Waals surface area contributed by atoms with Gasteiger partial charge in [-0.1, -0.05) is 17.9 Å². The predicted molar refractivity (Wildman–Crippen MR) is 73.8 cm³/mol. The van der Waals surface area contributed by atoms with Crippen LogP contribution < -0.4 is 4.74 Å². The molecule has 0 radical (unpaired) electrons. The molecule has 0 unspecified atom stereocenters. The van der Waals surface area contributed by atoms with E-state index in [1.807, 2.05) is 11.4 Å². The van der Waals surface area contributed by atoms with E-state index >= 15 is 0 Å². The van der Waals surface area contributed by atoms with Crippen molar-refractivity contribution in [2.75, 3.05) is 6.61 Å². The summed E-state index contributed by atoms with van der Waals surface area (Å²) < 4.78 is 18.8. The maximum atomic E-state index is 13.3. The molecule has 4 heteroatoms. The van der Waals surface area contributed by atoms with Crippen LogP contribution in [0.4, 0.5) is 4.39 Å². The van der Waals surface area contributed by atoms with Crippen LogP contribution in [0.25, 0.3) is 0 Å². The smallest absolute Gasteiger partial charge is 0.129 e. The molecule has 1 aromatic heterocycles. The molecule has 2 aromatic rings. The molecule has 2 rings (SSSR count). The summed E-state index contributed by atoms with van der Waals surface area (Å²) in [5.41, 5.74) is 1.46. The van der Waals surface area contributed by atoms with Crippen molar-refractivity contribution < 1.29 is 14.2 Å². The van der Waals surface area contributed by atoms with Gasteiger partial charge in [0.2, 0.25) is 0 Å². The summed E-state index contributed by atoms with van der Waals surface area (Å²) in [6.07, 6.45) is 0. The van der Waals surface area contributed by atoms with Crippen LogP contribution in [0.2, 0.25) is 0 Å². The second-order valence-electron chi connectivity index (χ2n) is 3.96. The summed E-state index contributed by atoms with van der Waals surface area (Å²) in [4.78, 5) is 1.00. The number of hydrogen-bond donors (Lipinski definition) is 1. The Bertz CT molecular complexity index is 623. The Labute approximate surface area is 115 Å². The van der Waals surface area contributed by atoms with Crippen LogP contribution in [-0.4, -0.2) is 11.7 Å². The number of aryl methyl sites for hydroxylation is 1. The van der Waals surface area contributed by atoms with Crippen molar-refractivity contribution in [2.24, 2.45) is 0 Å². The maximum absolute atomic E-state index is 13.3. The molecular weight excluding hydrogens is 263 g/mol. The minimum atomic E-state index is -0.266. The summed E-state index contributed by atoms with van der Waals surface area (Å²) in [5, 5.41) is 10.5. The van der Waals surface area contributed by atoms with Crippen LogP contribution in [0.5, 0.6) is 5.75 Å². The van der Waals surface area contributed by atoms with Gasteiger partial charge in [0, 0.05) is 21.9 Å². The van der Waals surface area contributed by atoms with Crippen molar-refractivity contribution in [3.8, 4) is 17.6 Å². The van der Waals surface area contributed by atoms with Gasteiger partial charge >= 0.3 is 0 Å². The fourth-order valence-electron chi connectivity index (χ4n) is 1.48. The lowest BCUT2D eigenvalue weighted by Crippen LogP contribution is -1.94. The van der Waals surface area contributed by atoms with Gasteiger partial charge in [-0.25, -0.2) is 4.39 Å². The number of aliphatic hydroxyl groups excluding tert-OH is 1. The molecule has 1 N–H and O–H groups in total. The minimum absolute atomic E-state index is 0.148. The number of thiophene rings is 1. The lowest BCUT2D eigenvalue weighted by molar-refractivity contribution is 0.308. The van der Waals surface area contributed by atoms with Crippen LogP contribution in [0.1, 0.15) is 16.0 Å². The molecule has 0 saturated heterocycles. The molecule has 98 valence electrons. The molecule has 0 saturated carbocycles. The molecule has 0 aliphatic rings. The second kappa shape index (κ2) is 6.37. The van der Waals surface area contributed by atoms with Crippen molar-refractivity contribution >= 4 is 11.3 Å². The third kappa shape index (κ3) is 3.82. The monoisotopic (exact) mass is 276 g/mol. The van der Waals surface area contributed by atoms with Crippen molar-refractivity contribution in [2.45, 2.75) is 13.5 Å². The van der Waals surface area contributed by atoms with Gasteiger partial charge in [-0.3, -0.25) is 0 Å². The zero-order chi connectivity index (χ0) is 13.7. The van der Waals surface area contributed by atoms with E-state index in [0.29, 0.717) is 17.9 Å². The van der Waals surface area contributed by atoms with Crippen LogP contribution in [0.3, 0.4) is 0 Å². The molecule has 0 atom stereocenters. The highest BCUT2D eigenvalue weighted by atomic mass is 32.1. The second-order valence-corrected chi connectivity index (χ2v) is 4.96. The van der Waals surface area contributed by atoms with Gasteiger partial charge in [0.15, 0.2) is 0 Å². The van der Waals surface area contributed by atoms with Crippen molar-refractivity contribution in [1.82, 2.24) is 0 Å². The lowest BCUT2D eigenvalue weighted by Gasteiger charge is -2.05. The van der Waals surface area contributed by atoms with Gasteiger partial charge in [-0.2, -0.15) is 0 Å². The third-order valence-corrected chi connectivity index (χ3v) is 3.40. The summed E-state index contributed by atoms with van der Waals surface area (Å²) >= 11 is 1.52. The molecule has 19 heavy (non-hydrogen) atoms. The van der Waals surface area contributed by atoms with Gasteiger partial charge in [0.1, 0.15) is 24.8 Å². The normalized spacial score (nSPS) is 9.84. The Morgan fingerprint density at radius 3 is 2.95 bits per heavy atom. The minimum Gasteiger partial charge on any atom is -0.488 e. The molecule has 0 spiro atoms. The lowest BCUT2D eigenvalue weighted by atomic mass is 10.2. The van der Waals surface area contributed by atoms with Crippen LogP contribution >= 0.6 is 11.3 Å². The topological polar surface area (TPSA) is 29.5 Å². The van der Waals surface area contributed by atoms with Crippen molar-refractivity contribution in [3.63, 3.8) is 0 Å². The Morgan fingerprint density at radius 1 is 1.37 bits per heavy atom. The largest absolute Gasteiger partial charge is 0.488 e. The Hall–Kier alpha value is -1.83. The van der Waals surface area contributed by atoms with E-state index in [0.717, 1.165) is 10.4 Å². The van der Waals surface area contributed by atoms with Gasteiger partial charge in [-0.15, -0.1) is 11.3 Å². The number of ether oxygens (including phenoxy) is 1. The van der Waals surface area contributed by atoms with E-state index in [9.17, 15) is 4.39 Å². The molecule has 1 heterocycles. The molecule has 0 aliphatic heterocycles. The number of aliphatic hydroxyl groups is 1. The van der Waals surface area contributed by atoms with E-state index in [2.05, 4.69) is 11.8 Å². The van der Waals surface area contributed by atoms with Gasteiger partial charge in [-0.05, 0) is 24.6 Å². The maximum Gasteiger partial charge on any atom is 0.129 e. The van der Waals surface area contributed by atoms with E-state index in [1.165, 1.54) is 17.4 Å². The number of rotatable bonds is 3. The summed E-state index contributed by atoms with van der Waals surface area (Å²) in [5.74, 6) is 5.66. The first-order valence-electron chi connectivity index (χ1n) is 5.75. The predicted octanol–water partition coefficient (Wildman–Crippen LogP) is 3.12. The molecule has 2 nitrogen and oxygen atoms in total. The summed E-state index contributed by atoms with van der Waals surface area (Å²) in [7, 11) is 0. The van der Waals surface area contributed by atoms with Crippen molar-refractivity contribution in [3.05, 3.63) is 51.5 Å². The third-order valence-electron chi connectivity index (χ3n) is 2.49. The highest BCUT2D eigenvalue weighted by Crippen LogP contribution is 2.20. The SMILES string of the molecule is Cc1ccc(OCc2cc(C#CCO)cs2)cc1F. The quantitative estimate of drug-likeness (QED) is 0.873. The Kier molecular flexibility index (Phi) is 4.56. The Balaban J connectivity index is 1.98. The molecule has 0 amide bonds. The number of halogens is 1. The van der Waals surface area contributed by atoms with Crippen molar-refractivity contribution in [1.29, 1.82) is 0 Å². The molecule has 0 bridgehead atoms. The van der Waals surface area contributed by atoms with Gasteiger partial charge in [0.25, 0.3) is 0 Å². The van der Waals surface area contributed by atoms with Crippen LogP contribution in [0, 0.1) is 24.6 Å². The standard InChI is InChI=1S/C15H13FO2S/c1-11-4-5-13(8-15(11)16)18-9-14-7-12(10-19-14)3-2-6-17/h4-5,7-8,10,17H,6,9H2,1H3. The van der Waals surface area contributed by atoms with Gasteiger partial charge < -0.3 is 9.84 Å². The van der Waals surface area contributed by atoms with Gasteiger partial charge in [0.05, 0.1) is 0 Å². The first kappa shape index (κ1) is 13.6. The summed E-state index contributed by atoms with van der Waals surface area (Å²) in [6.45, 7) is 1.95. The highest BCUT2D eigenvalue weighted by molar-refractivity contribution is 7.10. The Morgan fingerprint density at radius 2 is 2.21 bits per heavy atom. The zero-order valence-corrected chi connectivity index (χ0v) is 11.3. The number of hydrogen-bond acceptors (Lipinski definition) is 3. The molecule has 0 aliphatic carbocycles. The fraction of sp³-hybridized carbons (Fsp3) is 0.200. The average Bonchev–Trinajstić information content (AvgIpc) is 2.86. The number of benzene rings is 1. The van der Waals surface area contributed by atoms with Crippen LogP contribution in [-0.2, 0) is 6.61 Å². The van der Waals surface area contributed by atoms with E-state index in [4.69, 9.17) is 9.84 Å². The van der Waals surface area contributed by atoms with E-state index in [-0.39, 0.29) is 12.4 Å². The van der Waals surface area contributed by atoms with E-state index in [1.54, 1.807) is 19.1 Å². The first-order valence-corrected chi connectivity index (χ1v) is 6.63. The summed E-state index contributed by atoms with van der Waals surface area (Å²) in [6, 6.07) is 6.73. The zero-order valence-electron chi connectivity index (χ0n) is 10.4. The van der Waals surface area contributed by atoms with E-state index < -0.39 is 0 Å². The molecular formula is C15H13FO2S. The molecule has 1 aromatic carbocycles. The first-order chi connectivity index (χ1) is 9.19. The highest BCUT2D eigenvalue weighted by Gasteiger charge is 2.02. The molecule has 0 fully saturated rings. The fourth-order valence-corrected chi connectivity index (χ4v) is 2.21.